The van der Waals surface area contributed by atoms with Gasteiger partial charge in [-0.15, -0.1) is 0 Å². The van der Waals surface area contributed by atoms with Crippen molar-refractivity contribution in [2.75, 3.05) is 52.5 Å². The molecule has 184 valence electrons. The molecule has 1 aromatic rings. The van der Waals surface area contributed by atoms with Crippen LogP contribution >= 0.6 is 0 Å². The largest absolute Gasteiger partial charge is 0.379 e. The number of fused-ring (bicyclic) bond motifs is 1. The first kappa shape index (κ1) is 23.3. The van der Waals surface area contributed by atoms with Gasteiger partial charge in [-0.3, -0.25) is 24.3 Å². The van der Waals surface area contributed by atoms with Gasteiger partial charge in [-0.25, -0.2) is 4.79 Å². The highest BCUT2D eigenvalue weighted by molar-refractivity contribution is 6.07. The van der Waals surface area contributed by atoms with Gasteiger partial charge >= 0.3 is 6.03 Å². The Bertz CT molecular complexity index is 913. The second kappa shape index (κ2) is 9.66. The molecule has 1 aromatic carbocycles. The fraction of sp³-hybridized carbons (Fsp3) is 0.654. The molecule has 3 saturated heterocycles. The second-order valence-electron chi connectivity index (χ2n) is 10.3. The summed E-state index contributed by atoms with van der Waals surface area (Å²) in [6.07, 6.45) is 5.20. The van der Waals surface area contributed by atoms with Gasteiger partial charge in [0.2, 0.25) is 5.91 Å². The molecule has 0 spiro atoms. The number of urea groups is 1. The van der Waals surface area contributed by atoms with Crippen molar-refractivity contribution in [3.05, 3.63) is 35.9 Å². The number of hydrogen-bond acceptors (Lipinski definition) is 5. The minimum Gasteiger partial charge on any atom is -0.379 e. The van der Waals surface area contributed by atoms with E-state index in [4.69, 9.17) is 4.74 Å². The fourth-order valence-corrected chi connectivity index (χ4v) is 6.14. The molecular weight excluding hydrogens is 432 g/mol. The third-order valence-corrected chi connectivity index (χ3v) is 8.07. The van der Waals surface area contributed by atoms with Gasteiger partial charge in [-0.1, -0.05) is 49.6 Å². The van der Waals surface area contributed by atoms with Crippen molar-refractivity contribution < 1.29 is 19.1 Å². The van der Waals surface area contributed by atoms with Gasteiger partial charge in [-0.05, 0) is 25.3 Å². The summed E-state index contributed by atoms with van der Waals surface area (Å²) in [6, 6.07) is 9.26. The highest BCUT2D eigenvalue weighted by atomic mass is 16.5. The van der Waals surface area contributed by atoms with Crippen molar-refractivity contribution in [3.63, 3.8) is 0 Å². The Balaban J connectivity index is 1.41. The topological polar surface area (TPSA) is 73.4 Å². The number of carbonyl (C=O) groups is 3. The molecule has 4 fully saturated rings. The van der Waals surface area contributed by atoms with E-state index in [0.29, 0.717) is 32.8 Å². The van der Waals surface area contributed by atoms with Crippen LogP contribution in [0.4, 0.5) is 4.79 Å². The first-order valence-electron chi connectivity index (χ1n) is 12.8. The number of morpholine rings is 1. The van der Waals surface area contributed by atoms with Crippen molar-refractivity contribution in [3.8, 4) is 0 Å². The predicted molar refractivity (Wildman–Crippen MR) is 127 cm³/mol. The molecule has 3 heterocycles. The number of piperazine rings is 1. The zero-order chi connectivity index (χ0) is 23.7. The predicted octanol–water partition coefficient (Wildman–Crippen LogP) is 2.51. The van der Waals surface area contributed by atoms with E-state index in [9.17, 15) is 14.4 Å². The number of benzene rings is 1. The number of hydrogen-bond donors (Lipinski definition) is 0. The van der Waals surface area contributed by atoms with Gasteiger partial charge in [0.25, 0.3) is 5.91 Å². The summed E-state index contributed by atoms with van der Waals surface area (Å²) in [5.41, 5.74) is -0.0865. The number of carbonyl (C=O) groups excluding carboxylic acids is 3. The Morgan fingerprint density at radius 2 is 1.74 bits per heavy atom. The number of ether oxygens (including phenoxy) is 1. The highest BCUT2D eigenvalue weighted by Gasteiger charge is 2.60. The first-order chi connectivity index (χ1) is 16.5. The van der Waals surface area contributed by atoms with E-state index in [0.717, 1.165) is 44.3 Å². The number of nitrogens with zero attached hydrogens (tertiary/aromatic N) is 4. The van der Waals surface area contributed by atoms with Gasteiger partial charge < -0.3 is 9.64 Å². The van der Waals surface area contributed by atoms with Crippen LogP contribution in [-0.2, 0) is 14.3 Å². The summed E-state index contributed by atoms with van der Waals surface area (Å²) in [4.78, 5) is 48.2. The van der Waals surface area contributed by atoms with E-state index in [1.807, 2.05) is 42.2 Å². The van der Waals surface area contributed by atoms with Crippen LogP contribution in [0.2, 0.25) is 0 Å². The minimum atomic E-state index is -1.05. The Hall–Kier alpha value is -2.45. The van der Waals surface area contributed by atoms with Crippen LogP contribution in [0.5, 0.6) is 0 Å². The lowest BCUT2D eigenvalue weighted by Crippen LogP contribution is -2.63. The average Bonchev–Trinajstić information content (AvgIpc) is 3.08. The van der Waals surface area contributed by atoms with Crippen molar-refractivity contribution in [2.24, 2.45) is 5.92 Å². The lowest BCUT2D eigenvalue weighted by Gasteiger charge is -2.48. The molecule has 34 heavy (non-hydrogen) atoms. The van der Waals surface area contributed by atoms with Crippen LogP contribution in [-0.4, -0.2) is 95.5 Å². The molecule has 0 unspecified atom stereocenters. The van der Waals surface area contributed by atoms with Crippen molar-refractivity contribution >= 4 is 17.8 Å². The number of amides is 4. The lowest BCUT2D eigenvalue weighted by atomic mass is 9.85. The van der Waals surface area contributed by atoms with Gasteiger partial charge in [0, 0.05) is 38.6 Å². The molecule has 3 aliphatic heterocycles. The highest BCUT2D eigenvalue weighted by Crippen LogP contribution is 2.42. The summed E-state index contributed by atoms with van der Waals surface area (Å²) in [7, 11) is 0. The Labute approximate surface area is 201 Å². The summed E-state index contributed by atoms with van der Waals surface area (Å²) in [6.45, 7) is 6.54. The zero-order valence-electron chi connectivity index (χ0n) is 20.2. The van der Waals surface area contributed by atoms with Crippen LogP contribution < -0.4 is 0 Å². The average molecular weight is 469 g/mol. The van der Waals surface area contributed by atoms with Crippen LogP contribution in [0.1, 0.15) is 50.6 Å². The molecule has 8 heteroatoms. The monoisotopic (exact) mass is 468 g/mol. The second-order valence-corrected chi connectivity index (χ2v) is 10.3. The Morgan fingerprint density at radius 1 is 1.03 bits per heavy atom. The molecule has 1 aliphatic carbocycles. The molecule has 8 nitrogen and oxygen atoms in total. The normalized spacial score (nSPS) is 29.0. The van der Waals surface area contributed by atoms with Gasteiger partial charge in [-0.2, -0.15) is 0 Å². The van der Waals surface area contributed by atoms with Gasteiger partial charge in [0.05, 0.1) is 25.8 Å². The quantitative estimate of drug-likeness (QED) is 0.621. The molecule has 0 radical (unpaired) electrons. The van der Waals surface area contributed by atoms with Crippen molar-refractivity contribution in [1.82, 2.24) is 19.6 Å². The van der Waals surface area contributed by atoms with Crippen LogP contribution in [0.3, 0.4) is 0 Å². The fourth-order valence-electron chi connectivity index (χ4n) is 6.14. The molecule has 1 saturated carbocycles. The van der Waals surface area contributed by atoms with E-state index in [1.165, 1.54) is 11.3 Å². The van der Waals surface area contributed by atoms with E-state index in [-0.39, 0.29) is 36.3 Å². The molecule has 0 bridgehead atoms. The third-order valence-electron chi connectivity index (χ3n) is 8.07. The first-order valence-corrected chi connectivity index (χ1v) is 12.8. The maximum absolute atomic E-state index is 13.7. The molecule has 0 aromatic heterocycles. The Kier molecular flexibility index (Phi) is 6.62. The number of imide groups is 1. The van der Waals surface area contributed by atoms with Gasteiger partial charge in [0.1, 0.15) is 5.54 Å². The zero-order valence-corrected chi connectivity index (χ0v) is 20.2. The maximum Gasteiger partial charge on any atom is 0.328 e. The molecule has 4 amide bonds. The summed E-state index contributed by atoms with van der Waals surface area (Å²) >= 11 is 0. The third kappa shape index (κ3) is 4.22. The molecule has 4 aliphatic rings. The van der Waals surface area contributed by atoms with Crippen molar-refractivity contribution in [2.45, 2.75) is 50.6 Å². The SMILES string of the molecule is C[C@]12CN(C(=O)C3CCCCC3)C[C@H](c3ccccc3)N1C(=O)N(CCN1CCOCC1)C2=O. The van der Waals surface area contributed by atoms with Crippen LogP contribution in [0.25, 0.3) is 0 Å². The smallest absolute Gasteiger partial charge is 0.328 e. The molecule has 2 atom stereocenters. The minimum absolute atomic E-state index is 0.0324. The standard InChI is InChI=1S/C26H36N4O4/c1-26-19-28(23(31)21-10-6-3-7-11-21)18-22(20-8-4-2-5-9-20)30(26)25(33)29(24(26)32)13-12-27-14-16-34-17-15-27/h2,4-5,8-9,21-22H,3,6-7,10-19H2,1H3/t22-,26-/m1/s1. The van der Waals surface area contributed by atoms with Crippen LogP contribution in [0.15, 0.2) is 30.3 Å². The summed E-state index contributed by atoms with van der Waals surface area (Å²) < 4.78 is 5.42. The Morgan fingerprint density at radius 3 is 2.44 bits per heavy atom. The van der Waals surface area contributed by atoms with Gasteiger partial charge in [0.15, 0.2) is 0 Å². The number of rotatable bonds is 5. The maximum atomic E-state index is 13.7. The van der Waals surface area contributed by atoms with E-state index in [1.54, 1.807) is 4.90 Å². The van der Waals surface area contributed by atoms with Crippen LogP contribution in [0, 0.1) is 5.92 Å². The van der Waals surface area contributed by atoms with E-state index >= 15 is 0 Å². The summed E-state index contributed by atoms with van der Waals surface area (Å²) in [5, 5.41) is 0. The van der Waals surface area contributed by atoms with Crippen molar-refractivity contribution in [1.29, 1.82) is 0 Å². The lowest BCUT2D eigenvalue weighted by molar-refractivity contribution is -0.147. The molecule has 0 N–H and O–H groups in total. The molecular formula is C26H36N4O4. The summed E-state index contributed by atoms with van der Waals surface area (Å²) in [5.74, 6) is -0.00805. The van der Waals surface area contributed by atoms with E-state index in [2.05, 4.69) is 4.90 Å². The van der Waals surface area contributed by atoms with E-state index < -0.39 is 5.54 Å². The molecule has 5 rings (SSSR count).